The molecule has 0 radical (unpaired) electrons. The van der Waals surface area contributed by atoms with Crippen molar-refractivity contribution < 1.29 is 4.52 Å². The first-order chi connectivity index (χ1) is 8.85. The molecule has 102 valence electrons. The highest BCUT2D eigenvalue weighted by molar-refractivity contribution is 5.85. The van der Waals surface area contributed by atoms with Crippen molar-refractivity contribution >= 4 is 18.4 Å². The Morgan fingerprint density at radius 2 is 1.89 bits per heavy atom. The molecule has 0 atom stereocenters. The Labute approximate surface area is 118 Å². The van der Waals surface area contributed by atoms with Gasteiger partial charge in [0.2, 0.25) is 5.89 Å². The Hall–Kier alpha value is -1.59. The van der Waals surface area contributed by atoms with Crippen molar-refractivity contribution in [1.29, 1.82) is 0 Å². The van der Waals surface area contributed by atoms with Gasteiger partial charge in [-0.05, 0) is 29.1 Å². The second kappa shape index (κ2) is 6.04. The molecule has 1 fully saturated rings. The van der Waals surface area contributed by atoms with Crippen LogP contribution in [-0.2, 0) is 13.1 Å². The fraction of sp³-hybridized carbons (Fsp3) is 0.385. The Morgan fingerprint density at radius 3 is 2.53 bits per heavy atom. The van der Waals surface area contributed by atoms with Crippen molar-refractivity contribution in [2.45, 2.75) is 31.8 Å². The molecule has 1 heterocycles. The highest BCUT2D eigenvalue weighted by Gasteiger charge is 2.29. The minimum Gasteiger partial charge on any atom is -0.348 e. The van der Waals surface area contributed by atoms with Crippen LogP contribution in [0, 0.1) is 0 Å². The maximum atomic E-state index is 5.55. The van der Waals surface area contributed by atoms with Crippen LogP contribution in [0.5, 0.6) is 0 Å². The molecular weight excluding hydrogens is 264 g/mol. The summed E-state index contributed by atoms with van der Waals surface area (Å²) in [5, 5.41) is 7.06. The number of aromatic nitrogens is 2. The van der Waals surface area contributed by atoms with E-state index in [4.69, 9.17) is 10.3 Å². The van der Waals surface area contributed by atoms with Gasteiger partial charge in [-0.15, -0.1) is 12.4 Å². The molecule has 0 saturated heterocycles. The molecule has 0 aliphatic heterocycles. The minimum atomic E-state index is 0. The second-order valence-corrected chi connectivity index (χ2v) is 4.60. The molecular formula is C13H17ClN4O. The number of nitrogens with two attached hydrogens (primary N) is 1. The lowest BCUT2D eigenvalue weighted by Gasteiger charge is -2.02. The van der Waals surface area contributed by atoms with E-state index in [1.54, 1.807) is 0 Å². The van der Waals surface area contributed by atoms with Gasteiger partial charge in [-0.3, -0.25) is 0 Å². The van der Waals surface area contributed by atoms with Gasteiger partial charge in [0.15, 0.2) is 0 Å². The minimum absolute atomic E-state index is 0. The number of rotatable bonds is 5. The van der Waals surface area contributed by atoms with Gasteiger partial charge in [-0.2, -0.15) is 4.98 Å². The summed E-state index contributed by atoms with van der Waals surface area (Å²) in [5.74, 6) is 1.83. The summed E-state index contributed by atoms with van der Waals surface area (Å²) in [6.07, 6.45) is 2.34. The van der Waals surface area contributed by atoms with Crippen LogP contribution in [0.3, 0.4) is 0 Å². The third-order valence-corrected chi connectivity index (χ3v) is 3.08. The van der Waals surface area contributed by atoms with Crippen LogP contribution in [0.1, 0.15) is 35.8 Å². The average Bonchev–Trinajstić information content (AvgIpc) is 3.16. The number of nitrogens with one attached hydrogen (secondary N) is 1. The molecule has 1 aromatic carbocycles. The van der Waals surface area contributed by atoms with E-state index in [1.807, 2.05) is 12.1 Å². The lowest BCUT2D eigenvalue weighted by atomic mass is 10.1. The second-order valence-electron chi connectivity index (χ2n) is 4.60. The summed E-state index contributed by atoms with van der Waals surface area (Å²) in [6.45, 7) is 1.26. The van der Waals surface area contributed by atoms with Crippen molar-refractivity contribution in [2.75, 3.05) is 5.32 Å². The fourth-order valence-corrected chi connectivity index (χ4v) is 1.78. The van der Waals surface area contributed by atoms with E-state index < -0.39 is 0 Å². The van der Waals surface area contributed by atoms with Crippen LogP contribution >= 0.6 is 12.4 Å². The zero-order valence-electron chi connectivity index (χ0n) is 10.5. The van der Waals surface area contributed by atoms with E-state index in [0.717, 1.165) is 11.5 Å². The molecule has 0 bridgehead atoms. The van der Waals surface area contributed by atoms with Gasteiger partial charge in [-0.1, -0.05) is 24.3 Å². The van der Waals surface area contributed by atoms with Crippen LogP contribution in [0.25, 0.3) is 0 Å². The Kier molecular flexibility index (Phi) is 4.39. The molecule has 5 nitrogen and oxygen atoms in total. The van der Waals surface area contributed by atoms with Gasteiger partial charge in [0.05, 0.1) is 0 Å². The van der Waals surface area contributed by atoms with Crippen LogP contribution in [0.15, 0.2) is 28.8 Å². The summed E-state index contributed by atoms with van der Waals surface area (Å²) < 4.78 is 5.17. The summed E-state index contributed by atoms with van der Waals surface area (Å²) in [4.78, 5) is 4.31. The van der Waals surface area contributed by atoms with Crippen molar-refractivity contribution in [3.8, 4) is 0 Å². The molecule has 3 rings (SSSR count). The molecule has 0 amide bonds. The molecule has 6 heteroatoms. The SMILES string of the molecule is Cl.NCc1ccc(CNc2noc(C3CC3)n2)cc1. The van der Waals surface area contributed by atoms with E-state index in [-0.39, 0.29) is 12.4 Å². The van der Waals surface area contributed by atoms with E-state index in [1.165, 1.54) is 18.4 Å². The summed E-state index contributed by atoms with van der Waals surface area (Å²) in [5.41, 5.74) is 7.86. The number of benzene rings is 1. The van der Waals surface area contributed by atoms with Crippen molar-refractivity contribution in [1.82, 2.24) is 10.1 Å². The third-order valence-electron chi connectivity index (χ3n) is 3.08. The summed E-state index contributed by atoms with van der Waals surface area (Å²) >= 11 is 0. The zero-order chi connectivity index (χ0) is 12.4. The van der Waals surface area contributed by atoms with Gasteiger partial charge in [0.1, 0.15) is 0 Å². The Morgan fingerprint density at radius 1 is 1.21 bits per heavy atom. The predicted molar refractivity (Wildman–Crippen MR) is 75.2 cm³/mol. The molecule has 1 saturated carbocycles. The molecule has 0 unspecified atom stereocenters. The van der Waals surface area contributed by atoms with Crippen LogP contribution in [0.2, 0.25) is 0 Å². The maximum Gasteiger partial charge on any atom is 0.263 e. The average molecular weight is 281 g/mol. The van der Waals surface area contributed by atoms with Crippen LogP contribution in [0.4, 0.5) is 5.95 Å². The van der Waals surface area contributed by atoms with Crippen molar-refractivity contribution in [3.05, 3.63) is 41.3 Å². The monoisotopic (exact) mass is 280 g/mol. The zero-order valence-corrected chi connectivity index (χ0v) is 11.3. The summed E-state index contributed by atoms with van der Waals surface area (Å²) in [7, 11) is 0. The molecule has 0 spiro atoms. The lowest BCUT2D eigenvalue weighted by Crippen LogP contribution is -2.02. The van der Waals surface area contributed by atoms with Gasteiger partial charge >= 0.3 is 0 Å². The number of nitrogens with zero attached hydrogens (tertiary/aromatic N) is 2. The number of anilines is 1. The number of hydrogen-bond acceptors (Lipinski definition) is 5. The normalized spacial score (nSPS) is 13.9. The Balaban J connectivity index is 0.00000133. The largest absolute Gasteiger partial charge is 0.348 e. The van der Waals surface area contributed by atoms with E-state index >= 15 is 0 Å². The first-order valence-corrected chi connectivity index (χ1v) is 6.20. The molecule has 1 aliphatic rings. The van der Waals surface area contributed by atoms with Crippen molar-refractivity contribution in [2.24, 2.45) is 5.73 Å². The van der Waals surface area contributed by atoms with E-state index in [0.29, 0.717) is 25.0 Å². The highest BCUT2D eigenvalue weighted by Crippen LogP contribution is 2.39. The fourth-order valence-electron chi connectivity index (χ4n) is 1.78. The quantitative estimate of drug-likeness (QED) is 0.880. The first kappa shape index (κ1) is 13.8. The number of halogens is 1. The smallest absolute Gasteiger partial charge is 0.263 e. The maximum absolute atomic E-state index is 5.55. The topological polar surface area (TPSA) is 77.0 Å². The van der Waals surface area contributed by atoms with Crippen LogP contribution in [-0.4, -0.2) is 10.1 Å². The van der Waals surface area contributed by atoms with Gasteiger partial charge in [0.25, 0.3) is 5.95 Å². The van der Waals surface area contributed by atoms with E-state index in [2.05, 4.69) is 27.6 Å². The third kappa shape index (κ3) is 3.45. The lowest BCUT2D eigenvalue weighted by molar-refractivity contribution is 0.380. The van der Waals surface area contributed by atoms with E-state index in [9.17, 15) is 0 Å². The number of hydrogen-bond donors (Lipinski definition) is 2. The summed E-state index contributed by atoms with van der Waals surface area (Å²) in [6, 6.07) is 8.17. The van der Waals surface area contributed by atoms with Gasteiger partial charge < -0.3 is 15.6 Å². The first-order valence-electron chi connectivity index (χ1n) is 6.20. The highest BCUT2D eigenvalue weighted by atomic mass is 35.5. The molecule has 2 aromatic rings. The van der Waals surface area contributed by atoms with Crippen molar-refractivity contribution in [3.63, 3.8) is 0 Å². The Bertz CT molecular complexity index is 522. The van der Waals surface area contributed by atoms with Gasteiger partial charge in [-0.25, -0.2) is 0 Å². The molecule has 1 aromatic heterocycles. The molecule has 19 heavy (non-hydrogen) atoms. The predicted octanol–water partition coefficient (Wildman–Crippen LogP) is 2.44. The van der Waals surface area contributed by atoms with Crippen LogP contribution < -0.4 is 11.1 Å². The molecule has 3 N–H and O–H groups in total. The standard InChI is InChI=1S/C13H16N4O.ClH/c14-7-9-1-3-10(4-2-9)8-15-13-16-12(18-17-13)11-5-6-11;/h1-4,11H,5-8,14H2,(H,15,17);1H. The molecule has 1 aliphatic carbocycles. The van der Waals surface area contributed by atoms with Gasteiger partial charge in [0, 0.05) is 19.0 Å².